The summed E-state index contributed by atoms with van der Waals surface area (Å²) < 4.78 is 5.09. The average Bonchev–Trinajstić information content (AvgIpc) is 2.62. The molecule has 2 aliphatic rings. The van der Waals surface area contributed by atoms with Crippen LogP contribution in [0.5, 0.6) is 0 Å². The molecule has 2 N–H and O–H groups in total. The second-order valence-corrected chi connectivity index (χ2v) is 3.15. The van der Waals surface area contributed by atoms with Crippen molar-refractivity contribution in [3.63, 3.8) is 0 Å². The number of ether oxygens (including phenoxy) is 1. The molecule has 0 bridgehead atoms. The van der Waals surface area contributed by atoms with Crippen LogP contribution in [0.15, 0.2) is 0 Å². The first-order chi connectivity index (χ1) is 4.86. The molecule has 2 unspecified atom stereocenters. The van der Waals surface area contributed by atoms with Crippen molar-refractivity contribution in [1.82, 2.24) is 5.32 Å². The van der Waals surface area contributed by atoms with Crippen molar-refractivity contribution in [2.75, 3.05) is 13.2 Å². The minimum atomic E-state index is -0.277. The highest BCUT2D eigenvalue weighted by Crippen LogP contribution is 2.21. The molecule has 1 aliphatic heterocycles. The van der Waals surface area contributed by atoms with Gasteiger partial charge in [-0.3, -0.25) is 0 Å². The van der Waals surface area contributed by atoms with E-state index in [-0.39, 0.29) is 12.1 Å². The predicted octanol–water partition coefficient (Wildman–Crippen LogP) is -0.502. The molecule has 2 atom stereocenters. The molecule has 1 saturated heterocycles. The van der Waals surface area contributed by atoms with Crippen molar-refractivity contribution in [2.24, 2.45) is 0 Å². The van der Waals surface area contributed by atoms with E-state index in [4.69, 9.17) is 4.74 Å². The van der Waals surface area contributed by atoms with E-state index in [0.29, 0.717) is 19.3 Å². The van der Waals surface area contributed by atoms with Crippen LogP contribution in [0.1, 0.15) is 12.8 Å². The van der Waals surface area contributed by atoms with Gasteiger partial charge >= 0.3 is 0 Å². The Bertz CT molecular complexity index is 125. The summed E-state index contributed by atoms with van der Waals surface area (Å²) in [7, 11) is 0. The van der Waals surface area contributed by atoms with E-state index < -0.39 is 0 Å². The molecule has 2 fully saturated rings. The topological polar surface area (TPSA) is 41.5 Å². The SMILES string of the molecule is OC1COCC1NC1CC1. The number of rotatable bonds is 2. The molecule has 3 nitrogen and oxygen atoms in total. The van der Waals surface area contributed by atoms with Gasteiger partial charge in [-0.25, -0.2) is 0 Å². The van der Waals surface area contributed by atoms with E-state index in [1.54, 1.807) is 0 Å². The van der Waals surface area contributed by atoms with Crippen molar-refractivity contribution in [3.05, 3.63) is 0 Å². The van der Waals surface area contributed by atoms with Crippen molar-refractivity contribution < 1.29 is 9.84 Å². The van der Waals surface area contributed by atoms with Gasteiger partial charge < -0.3 is 15.2 Å². The molecule has 0 aromatic rings. The van der Waals surface area contributed by atoms with Gasteiger partial charge in [0, 0.05) is 6.04 Å². The van der Waals surface area contributed by atoms with Gasteiger partial charge in [0.05, 0.1) is 25.4 Å². The van der Waals surface area contributed by atoms with Crippen LogP contribution in [0.3, 0.4) is 0 Å². The number of hydrogen-bond donors (Lipinski definition) is 2. The van der Waals surface area contributed by atoms with Crippen LogP contribution in [-0.4, -0.2) is 36.5 Å². The third-order valence-corrected chi connectivity index (χ3v) is 2.08. The van der Waals surface area contributed by atoms with E-state index in [2.05, 4.69) is 5.32 Å². The maximum absolute atomic E-state index is 9.28. The molecule has 0 spiro atoms. The lowest BCUT2D eigenvalue weighted by Gasteiger charge is -2.12. The number of hydrogen-bond acceptors (Lipinski definition) is 3. The van der Waals surface area contributed by atoms with Crippen LogP contribution < -0.4 is 5.32 Å². The van der Waals surface area contributed by atoms with E-state index in [9.17, 15) is 5.11 Å². The molecule has 0 aromatic carbocycles. The van der Waals surface area contributed by atoms with E-state index in [0.717, 1.165) is 0 Å². The monoisotopic (exact) mass is 143 g/mol. The standard InChI is InChI=1S/C7H13NO2/c9-7-4-10-3-6(7)8-5-1-2-5/h5-9H,1-4H2. The second-order valence-electron chi connectivity index (χ2n) is 3.15. The Morgan fingerprint density at radius 2 is 2.10 bits per heavy atom. The maximum Gasteiger partial charge on any atom is 0.0948 e. The molecule has 0 aromatic heterocycles. The first-order valence-corrected chi connectivity index (χ1v) is 3.88. The van der Waals surface area contributed by atoms with Crippen molar-refractivity contribution in [3.8, 4) is 0 Å². The zero-order chi connectivity index (χ0) is 6.97. The third kappa shape index (κ3) is 1.31. The molecule has 3 heteroatoms. The Balaban J connectivity index is 1.79. The average molecular weight is 143 g/mol. The molecule has 58 valence electrons. The summed E-state index contributed by atoms with van der Waals surface area (Å²) in [6.07, 6.45) is 2.26. The maximum atomic E-state index is 9.28. The molecular formula is C7H13NO2. The minimum Gasteiger partial charge on any atom is -0.389 e. The van der Waals surface area contributed by atoms with Crippen molar-refractivity contribution in [2.45, 2.75) is 31.0 Å². The van der Waals surface area contributed by atoms with Gasteiger partial charge in [0.25, 0.3) is 0 Å². The van der Waals surface area contributed by atoms with Gasteiger partial charge in [0.15, 0.2) is 0 Å². The summed E-state index contributed by atoms with van der Waals surface area (Å²) >= 11 is 0. The third-order valence-electron chi connectivity index (χ3n) is 2.08. The molecule has 0 radical (unpaired) electrons. The van der Waals surface area contributed by atoms with Crippen LogP contribution in [0.2, 0.25) is 0 Å². The Morgan fingerprint density at radius 3 is 2.60 bits per heavy atom. The molecular weight excluding hydrogens is 130 g/mol. The number of nitrogens with one attached hydrogen (secondary N) is 1. The summed E-state index contributed by atoms with van der Waals surface area (Å²) in [5, 5.41) is 12.6. The Kier molecular flexibility index (Phi) is 1.64. The lowest BCUT2D eigenvalue weighted by atomic mass is 10.2. The highest BCUT2D eigenvalue weighted by molar-refractivity contribution is 4.89. The zero-order valence-electron chi connectivity index (χ0n) is 5.92. The van der Waals surface area contributed by atoms with Crippen LogP contribution in [-0.2, 0) is 4.74 Å². The molecule has 1 heterocycles. The van der Waals surface area contributed by atoms with Gasteiger partial charge in [-0.2, -0.15) is 0 Å². The first kappa shape index (κ1) is 6.58. The number of aliphatic hydroxyl groups is 1. The van der Waals surface area contributed by atoms with Crippen molar-refractivity contribution >= 4 is 0 Å². The van der Waals surface area contributed by atoms with E-state index in [1.165, 1.54) is 12.8 Å². The summed E-state index contributed by atoms with van der Waals surface area (Å²) in [6.45, 7) is 1.18. The fraction of sp³-hybridized carbons (Fsp3) is 1.00. The minimum absolute atomic E-state index is 0.201. The van der Waals surface area contributed by atoms with Crippen molar-refractivity contribution in [1.29, 1.82) is 0 Å². The fourth-order valence-electron chi connectivity index (χ4n) is 1.25. The summed E-state index contributed by atoms with van der Waals surface area (Å²) in [6, 6.07) is 0.869. The summed E-state index contributed by atoms with van der Waals surface area (Å²) in [5.74, 6) is 0. The lowest BCUT2D eigenvalue weighted by molar-refractivity contribution is 0.122. The number of aliphatic hydroxyl groups excluding tert-OH is 1. The zero-order valence-corrected chi connectivity index (χ0v) is 5.92. The van der Waals surface area contributed by atoms with Crippen LogP contribution in [0.25, 0.3) is 0 Å². The van der Waals surface area contributed by atoms with Gasteiger partial charge in [0.2, 0.25) is 0 Å². The Morgan fingerprint density at radius 1 is 1.30 bits per heavy atom. The quantitative estimate of drug-likeness (QED) is 0.547. The van der Waals surface area contributed by atoms with Gasteiger partial charge in [0.1, 0.15) is 0 Å². The largest absolute Gasteiger partial charge is 0.389 e. The fourth-order valence-corrected chi connectivity index (χ4v) is 1.25. The predicted molar refractivity (Wildman–Crippen MR) is 36.8 cm³/mol. The molecule has 1 saturated carbocycles. The van der Waals surface area contributed by atoms with Crippen LogP contribution >= 0.6 is 0 Å². The normalized spacial score (nSPS) is 40.5. The van der Waals surface area contributed by atoms with Gasteiger partial charge in [-0.15, -0.1) is 0 Å². The summed E-state index contributed by atoms with van der Waals surface area (Å²) in [4.78, 5) is 0. The lowest BCUT2D eigenvalue weighted by Crippen LogP contribution is -2.39. The molecule has 10 heavy (non-hydrogen) atoms. The van der Waals surface area contributed by atoms with Crippen LogP contribution in [0.4, 0.5) is 0 Å². The van der Waals surface area contributed by atoms with Crippen LogP contribution in [0, 0.1) is 0 Å². The highest BCUT2D eigenvalue weighted by Gasteiger charge is 2.31. The van der Waals surface area contributed by atoms with Gasteiger partial charge in [-0.05, 0) is 12.8 Å². The smallest absolute Gasteiger partial charge is 0.0948 e. The highest BCUT2D eigenvalue weighted by atomic mass is 16.5. The van der Waals surface area contributed by atoms with Gasteiger partial charge in [-0.1, -0.05) is 0 Å². The molecule has 0 amide bonds. The second kappa shape index (κ2) is 2.49. The summed E-state index contributed by atoms with van der Waals surface area (Å²) in [5.41, 5.74) is 0. The molecule has 1 aliphatic carbocycles. The Labute approximate surface area is 60.4 Å². The Hall–Kier alpha value is -0.120. The molecule has 2 rings (SSSR count). The van der Waals surface area contributed by atoms with E-state index >= 15 is 0 Å². The van der Waals surface area contributed by atoms with E-state index in [1.807, 2.05) is 0 Å². The first-order valence-electron chi connectivity index (χ1n) is 3.88.